The molecule has 130 valence electrons. The van der Waals surface area contributed by atoms with Gasteiger partial charge in [0.05, 0.1) is 25.3 Å². The highest BCUT2D eigenvalue weighted by Gasteiger charge is 2.14. The summed E-state index contributed by atoms with van der Waals surface area (Å²) in [5.41, 5.74) is 1.52. The highest BCUT2D eigenvalue weighted by atomic mass is 35.5. The highest BCUT2D eigenvalue weighted by molar-refractivity contribution is 7.80. The second-order valence-corrected chi connectivity index (χ2v) is 5.72. The molecule has 2 N–H and O–H groups in total. The van der Waals surface area contributed by atoms with E-state index in [9.17, 15) is 9.59 Å². The Kier molecular flexibility index (Phi) is 6.32. The molecule has 0 heterocycles. The van der Waals surface area contributed by atoms with Crippen molar-refractivity contribution >= 4 is 52.2 Å². The zero-order chi connectivity index (χ0) is 18.4. The average molecular weight is 379 g/mol. The number of hydrogen-bond acceptors (Lipinski definition) is 5. The number of carbonyl (C=O) groups is 2. The molecule has 0 atom stereocenters. The smallest absolute Gasteiger partial charge is 0.337 e. The van der Waals surface area contributed by atoms with Crippen LogP contribution in [-0.2, 0) is 9.47 Å². The van der Waals surface area contributed by atoms with Crippen LogP contribution in [0.4, 0.5) is 11.4 Å². The van der Waals surface area contributed by atoms with E-state index in [4.69, 9.17) is 33.3 Å². The lowest BCUT2D eigenvalue weighted by Gasteiger charge is -2.13. The summed E-state index contributed by atoms with van der Waals surface area (Å²) in [6, 6.07) is 11.4. The lowest BCUT2D eigenvalue weighted by Crippen LogP contribution is -2.20. The third-order valence-electron chi connectivity index (χ3n) is 3.12. The fraction of sp³-hybridized carbons (Fsp3) is 0.118. The fourth-order valence-corrected chi connectivity index (χ4v) is 2.46. The van der Waals surface area contributed by atoms with E-state index in [1.807, 2.05) is 0 Å². The molecular weight excluding hydrogens is 364 g/mol. The van der Waals surface area contributed by atoms with Gasteiger partial charge < -0.3 is 20.1 Å². The van der Waals surface area contributed by atoms with E-state index >= 15 is 0 Å². The van der Waals surface area contributed by atoms with E-state index in [1.54, 1.807) is 24.3 Å². The summed E-state index contributed by atoms with van der Waals surface area (Å²) in [7, 11) is 2.51. The monoisotopic (exact) mass is 378 g/mol. The van der Waals surface area contributed by atoms with Crippen molar-refractivity contribution in [1.29, 1.82) is 0 Å². The van der Waals surface area contributed by atoms with Crippen molar-refractivity contribution in [3.63, 3.8) is 0 Å². The number of benzene rings is 2. The fourth-order valence-electron chi connectivity index (χ4n) is 2.03. The van der Waals surface area contributed by atoms with E-state index in [2.05, 4.69) is 10.6 Å². The molecule has 2 aromatic carbocycles. The molecule has 0 amide bonds. The van der Waals surface area contributed by atoms with E-state index < -0.39 is 11.9 Å². The lowest BCUT2D eigenvalue weighted by molar-refractivity contribution is 0.0599. The van der Waals surface area contributed by atoms with Gasteiger partial charge >= 0.3 is 11.9 Å². The first-order chi connectivity index (χ1) is 11.9. The molecule has 0 saturated carbocycles. The van der Waals surface area contributed by atoms with Gasteiger partial charge in [-0.3, -0.25) is 0 Å². The summed E-state index contributed by atoms with van der Waals surface area (Å²) in [6.45, 7) is 0. The Morgan fingerprint density at radius 2 is 1.48 bits per heavy atom. The van der Waals surface area contributed by atoms with Gasteiger partial charge in [0.1, 0.15) is 0 Å². The Labute approximate surface area is 155 Å². The molecule has 0 aromatic heterocycles. The minimum absolute atomic E-state index is 0.193. The predicted molar refractivity (Wildman–Crippen MR) is 100 cm³/mol. The largest absolute Gasteiger partial charge is 0.465 e. The normalized spacial score (nSPS) is 9.88. The van der Waals surface area contributed by atoms with Gasteiger partial charge in [0.15, 0.2) is 5.11 Å². The second kappa shape index (κ2) is 8.46. The molecule has 0 fully saturated rings. The number of methoxy groups -OCH3 is 2. The van der Waals surface area contributed by atoms with Crippen molar-refractivity contribution in [3.05, 3.63) is 58.6 Å². The van der Waals surface area contributed by atoms with Gasteiger partial charge in [-0.1, -0.05) is 17.7 Å². The van der Waals surface area contributed by atoms with Gasteiger partial charge in [-0.05, 0) is 48.6 Å². The van der Waals surface area contributed by atoms with Crippen LogP contribution >= 0.6 is 23.8 Å². The van der Waals surface area contributed by atoms with Crippen LogP contribution in [0.1, 0.15) is 20.7 Å². The Bertz CT molecular complexity index is 792. The second-order valence-electron chi connectivity index (χ2n) is 4.87. The number of carbonyl (C=O) groups excluding carboxylic acids is 2. The quantitative estimate of drug-likeness (QED) is 0.620. The van der Waals surface area contributed by atoms with Crippen molar-refractivity contribution in [3.8, 4) is 0 Å². The number of hydrogen-bond donors (Lipinski definition) is 2. The number of ether oxygens (including phenoxy) is 2. The SMILES string of the molecule is COC(=O)c1cc(NC(=S)Nc2cccc(Cl)c2)cc(C(=O)OC)c1. The molecule has 0 spiro atoms. The lowest BCUT2D eigenvalue weighted by atomic mass is 10.1. The van der Waals surface area contributed by atoms with Gasteiger partial charge in [-0.25, -0.2) is 9.59 Å². The molecule has 0 radical (unpaired) electrons. The van der Waals surface area contributed by atoms with Crippen LogP contribution in [0, 0.1) is 0 Å². The molecule has 8 heteroatoms. The first-order valence-electron chi connectivity index (χ1n) is 7.08. The molecule has 2 aromatic rings. The number of anilines is 2. The molecule has 2 rings (SSSR count). The standard InChI is InChI=1S/C17H15ClN2O4S/c1-23-15(21)10-6-11(16(22)24-2)8-14(7-10)20-17(25)19-13-5-3-4-12(18)9-13/h3-9H,1-2H3,(H2,19,20,25). The maximum atomic E-state index is 11.8. The highest BCUT2D eigenvalue weighted by Crippen LogP contribution is 2.19. The Hall–Kier alpha value is -2.64. The maximum Gasteiger partial charge on any atom is 0.337 e. The summed E-state index contributed by atoms with van der Waals surface area (Å²) >= 11 is 11.2. The molecular formula is C17H15ClN2O4S. The molecule has 25 heavy (non-hydrogen) atoms. The Morgan fingerprint density at radius 1 is 0.920 bits per heavy atom. The summed E-state index contributed by atoms with van der Waals surface area (Å²) in [4.78, 5) is 23.6. The summed E-state index contributed by atoms with van der Waals surface area (Å²) in [6.07, 6.45) is 0. The van der Waals surface area contributed by atoms with Crippen molar-refractivity contribution in [2.75, 3.05) is 24.9 Å². The number of halogens is 1. The van der Waals surface area contributed by atoms with Crippen LogP contribution in [-0.4, -0.2) is 31.3 Å². The minimum Gasteiger partial charge on any atom is -0.465 e. The first kappa shape index (κ1) is 18.7. The zero-order valence-corrected chi connectivity index (χ0v) is 15.0. The van der Waals surface area contributed by atoms with Crippen LogP contribution in [0.2, 0.25) is 5.02 Å². The molecule has 0 saturated heterocycles. The maximum absolute atomic E-state index is 11.8. The van der Waals surface area contributed by atoms with E-state index in [-0.39, 0.29) is 16.2 Å². The van der Waals surface area contributed by atoms with Crippen LogP contribution in [0.3, 0.4) is 0 Å². The summed E-state index contributed by atoms with van der Waals surface area (Å²) < 4.78 is 9.38. The van der Waals surface area contributed by atoms with Crippen molar-refractivity contribution in [2.24, 2.45) is 0 Å². The molecule has 0 bridgehead atoms. The number of rotatable bonds is 4. The van der Waals surface area contributed by atoms with Gasteiger partial charge in [0.25, 0.3) is 0 Å². The minimum atomic E-state index is -0.581. The molecule has 0 aliphatic rings. The third-order valence-corrected chi connectivity index (χ3v) is 3.55. The van der Waals surface area contributed by atoms with Crippen LogP contribution in [0.5, 0.6) is 0 Å². The van der Waals surface area contributed by atoms with Crippen molar-refractivity contribution < 1.29 is 19.1 Å². The number of nitrogens with one attached hydrogen (secondary N) is 2. The van der Waals surface area contributed by atoms with Crippen LogP contribution in [0.25, 0.3) is 0 Å². The van der Waals surface area contributed by atoms with E-state index in [1.165, 1.54) is 32.4 Å². The predicted octanol–water partition coefficient (Wildman–Crippen LogP) is 3.72. The molecule has 6 nitrogen and oxygen atoms in total. The number of thiocarbonyl (C=S) groups is 1. The summed E-state index contributed by atoms with van der Waals surface area (Å²) in [5, 5.41) is 6.70. The molecule has 0 aliphatic heterocycles. The van der Waals surface area contributed by atoms with E-state index in [0.717, 1.165) is 0 Å². The topological polar surface area (TPSA) is 76.7 Å². The van der Waals surface area contributed by atoms with Crippen LogP contribution in [0.15, 0.2) is 42.5 Å². The van der Waals surface area contributed by atoms with E-state index in [0.29, 0.717) is 16.4 Å². The average Bonchev–Trinajstić information content (AvgIpc) is 2.59. The first-order valence-corrected chi connectivity index (χ1v) is 7.87. The third kappa shape index (κ3) is 5.17. The molecule has 0 unspecified atom stereocenters. The van der Waals surface area contributed by atoms with Crippen LogP contribution < -0.4 is 10.6 Å². The van der Waals surface area contributed by atoms with Gasteiger partial charge in [0, 0.05) is 16.4 Å². The number of esters is 2. The Morgan fingerprint density at radius 3 is 2.00 bits per heavy atom. The van der Waals surface area contributed by atoms with Crippen molar-refractivity contribution in [2.45, 2.75) is 0 Å². The van der Waals surface area contributed by atoms with Gasteiger partial charge in [-0.15, -0.1) is 0 Å². The Balaban J connectivity index is 2.23. The van der Waals surface area contributed by atoms with Crippen molar-refractivity contribution in [1.82, 2.24) is 0 Å². The molecule has 0 aliphatic carbocycles. The zero-order valence-electron chi connectivity index (χ0n) is 13.5. The van der Waals surface area contributed by atoms with Gasteiger partial charge in [-0.2, -0.15) is 0 Å². The summed E-state index contributed by atoms with van der Waals surface area (Å²) in [5.74, 6) is -1.16. The van der Waals surface area contributed by atoms with Gasteiger partial charge in [0.2, 0.25) is 0 Å².